The van der Waals surface area contributed by atoms with E-state index < -0.39 is 6.04 Å². The topological polar surface area (TPSA) is 58.4 Å². The van der Waals surface area contributed by atoms with Gasteiger partial charge in [-0.25, -0.2) is 0 Å². The van der Waals surface area contributed by atoms with E-state index in [0.29, 0.717) is 12.6 Å². The first-order valence-corrected chi connectivity index (χ1v) is 6.47. The summed E-state index contributed by atoms with van der Waals surface area (Å²) < 4.78 is 0. The van der Waals surface area contributed by atoms with E-state index in [1.54, 1.807) is 0 Å². The normalized spacial score (nSPS) is 21.8. The quantitative estimate of drug-likeness (QED) is 0.831. The van der Waals surface area contributed by atoms with Crippen molar-refractivity contribution < 1.29 is 4.79 Å². The van der Waals surface area contributed by atoms with E-state index in [1.165, 1.54) is 6.42 Å². The van der Waals surface area contributed by atoms with E-state index in [2.05, 4.69) is 17.3 Å². The lowest BCUT2D eigenvalue weighted by Gasteiger charge is -2.21. The number of likely N-dealkylation sites (N-methyl/N-ethyl adjacent to an activating group) is 1. The number of carbonyl (C=O) groups excluding carboxylic acids is 1. The smallest absolute Gasteiger partial charge is 0.241 e. The van der Waals surface area contributed by atoms with Crippen LogP contribution in [-0.2, 0) is 4.79 Å². The van der Waals surface area contributed by atoms with Crippen LogP contribution in [0.25, 0.3) is 0 Å². The molecule has 1 aliphatic rings. The van der Waals surface area contributed by atoms with Crippen molar-refractivity contribution in [2.45, 2.75) is 24.9 Å². The third kappa shape index (κ3) is 3.09. The number of nitrogens with zero attached hydrogens (tertiary/aromatic N) is 1. The van der Waals surface area contributed by atoms with Crippen molar-refractivity contribution in [3.8, 4) is 0 Å². The molecule has 1 aromatic carbocycles. The molecule has 18 heavy (non-hydrogen) atoms. The summed E-state index contributed by atoms with van der Waals surface area (Å²) in [6.45, 7) is 1.81. The first kappa shape index (κ1) is 13.1. The van der Waals surface area contributed by atoms with Crippen LogP contribution in [0.2, 0.25) is 0 Å². The molecule has 3 N–H and O–H groups in total. The second kappa shape index (κ2) is 5.98. The third-order valence-corrected chi connectivity index (χ3v) is 3.62. The number of benzene rings is 1. The highest BCUT2D eigenvalue weighted by atomic mass is 16.2. The molecule has 1 saturated heterocycles. The average Bonchev–Trinajstić information content (AvgIpc) is 2.81. The van der Waals surface area contributed by atoms with Gasteiger partial charge >= 0.3 is 0 Å². The van der Waals surface area contributed by atoms with Gasteiger partial charge in [0, 0.05) is 12.6 Å². The number of carbonyl (C=O) groups is 1. The van der Waals surface area contributed by atoms with Crippen molar-refractivity contribution in [1.82, 2.24) is 10.2 Å². The number of likely N-dealkylation sites (tertiary alicyclic amines) is 1. The molecular formula is C14H21N3O. The molecule has 1 fully saturated rings. The van der Waals surface area contributed by atoms with Crippen LogP contribution in [0.4, 0.5) is 0 Å². The average molecular weight is 247 g/mol. The summed E-state index contributed by atoms with van der Waals surface area (Å²) in [6.07, 6.45) is 2.36. The molecule has 98 valence electrons. The molecule has 1 heterocycles. The Morgan fingerprint density at radius 3 is 2.83 bits per heavy atom. The summed E-state index contributed by atoms with van der Waals surface area (Å²) >= 11 is 0. The van der Waals surface area contributed by atoms with Gasteiger partial charge in [-0.2, -0.15) is 0 Å². The number of nitrogens with two attached hydrogens (primary N) is 1. The Labute approximate surface area is 108 Å². The summed E-state index contributed by atoms with van der Waals surface area (Å²) in [5.41, 5.74) is 6.79. The third-order valence-electron chi connectivity index (χ3n) is 3.62. The SMILES string of the molecule is CN1CCCC1CNC(=O)C(N)c1ccccc1. The van der Waals surface area contributed by atoms with Crippen molar-refractivity contribution in [1.29, 1.82) is 0 Å². The molecule has 0 spiro atoms. The lowest BCUT2D eigenvalue weighted by molar-refractivity contribution is -0.122. The fraction of sp³-hybridized carbons (Fsp3) is 0.500. The van der Waals surface area contributed by atoms with Crippen molar-refractivity contribution in [2.24, 2.45) is 5.73 Å². The molecule has 2 atom stereocenters. The van der Waals surface area contributed by atoms with Crippen LogP contribution in [0.15, 0.2) is 30.3 Å². The van der Waals surface area contributed by atoms with Gasteiger partial charge in [0.1, 0.15) is 6.04 Å². The number of amides is 1. The molecule has 2 unspecified atom stereocenters. The largest absolute Gasteiger partial charge is 0.353 e. The van der Waals surface area contributed by atoms with Crippen LogP contribution in [0, 0.1) is 0 Å². The molecule has 0 aliphatic carbocycles. The van der Waals surface area contributed by atoms with Crippen LogP contribution < -0.4 is 11.1 Å². The Kier molecular flexibility index (Phi) is 4.33. The molecule has 4 heteroatoms. The Hall–Kier alpha value is -1.39. The molecule has 2 rings (SSSR count). The second-order valence-corrected chi connectivity index (χ2v) is 4.91. The van der Waals surface area contributed by atoms with Crippen LogP contribution in [0.5, 0.6) is 0 Å². The van der Waals surface area contributed by atoms with Gasteiger partial charge in [0.05, 0.1) is 0 Å². The number of rotatable bonds is 4. The standard InChI is InChI=1S/C14H21N3O/c1-17-9-5-8-12(17)10-16-14(18)13(15)11-6-3-2-4-7-11/h2-4,6-7,12-13H,5,8-10,15H2,1H3,(H,16,18). The molecule has 0 radical (unpaired) electrons. The maximum atomic E-state index is 12.0. The monoisotopic (exact) mass is 247 g/mol. The Bertz CT molecular complexity index is 393. The molecule has 0 aromatic heterocycles. The number of hydrogen-bond acceptors (Lipinski definition) is 3. The van der Waals surface area contributed by atoms with Gasteiger partial charge in [-0.05, 0) is 32.0 Å². The fourth-order valence-corrected chi connectivity index (χ4v) is 2.38. The molecule has 1 amide bonds. The van der Waals surface area contributed by atoms with E-state index in [-0.39, 0.29) is 5.91 Å². The zero-order valence-electron chi connectivity index (χ0n) is 10.8. The second-order valence-electron chi connectivity index (χ2n) is 4.91. The van der Waals surface area contributed by atoms with Crippen LogP contribution in [0.1, 0.15) is 24.4 Å². The van der Waals surface area contributed by atoms with Gasteiger partial charge in [-0.1, -0.05) is 30.3 Å². The Morgan fingerprint density at radius 1 is 1.50 bits per heavy atom. The Balaban J connectivity index is 1.84. The molecule has 1 aliphatic heterocycles. The van der Waals surface area contributed by atoms with E-state index in [0.717, 1.165) is 18.5 Å². The summed E-state index contributed by atoms with van der Waals surface area (Å²) in [5.74, 6) is -0.0958. The highest BCUT2D eigenvalue weighted by Gasteiger charge is 2.22. The van der Waals surface area contributed by atoms with Crippen molar-refractivity contribution in [2.75, 3.05) is 20.1 Å². The predicted octanol–water partition coefficient (Wildman–Crippen LogP) is 0.897. The first-order chi connectivity index (χ1) is 8.68. The molecule has 0 saturated carbocycles. The van der Waals surface area contributed by atoms with E-state index in [9.17, 15) is 4.79 Å². The summed E-state index contributed by atoms with van der Waals surface area (Å²) in [7, 11) is 2.10. The van der Waals surface area contributed by atoms with Crippen LogP contribution in [0.3, 0.4) is 0 Å². The first-order valence-electron chi connectivity index (χ1n) is 6.47. The van der Waals surface area contributed by atoms with Crippen LogP contribution in [-0.4, -0.2) is 37.0 Å². The van der Waals surface area contributed by atoms with Crippen molar-refractivity contribution >= 4 is 5.91 Å². The molecule has 4 nitrogen and oxygen atoms in total. The van der Waals surface area contributed by atoms with Crippen molar-refractivity contribution in [3.63, 3.8) is 0 Å². The van der Waals surface area contributed by atoms with Gasteiger partial charge < -0.3 is 16.0 Å². The summed E-state index contributed by atoms with van der Waals surface area (Å²) in [5, 5.41) is 2.95. The molecular weight excluding hydrogens is 226 g/mol. The fourth-order valence-electron chi connectivity index (χ4n) is 2.38. The maximum Gasteiger partial charge on any atom is 0.241 e. The molecule has 1 aromatic rings. The zero-order chi connectivity index (χ0) is 13.0. The highest BCUT2D eigenvalue weighted by Crippen LogP contribution is 2.14. The van der Waals surface area contributed by atoms with E-state index in [1.807, 2.05) is 30.3 Å². The minimum absolute atomic E-state index is 0.0958. The predicted molar refractivity (Wildman–Crippen MR) is 72.0 cm³/mol. The highest BCUT2D eigenvalue weighted by molar-refractivity contribution is 5.82. The number of nitrogens with one attached hydrogen (secondary N) is 1. The molecule has 0 bridgehead atoms. The van der Waals surface area contributed by atoms with Crippen LogP contribution >= 0.6 is 0 Å². The minimum atomic E-state index is -0.571. The van der Waals surface area contributed by atoms with Gasteiger partial charge in [0.15, 0.2) is 0 Å². The van der Waals surface area contributed by atoms with Gasteiger partial charge in [0.25, 0.3) is 0 Å². The van der Waals surface area contributed by atoms with E-state index >= 15 is 0 Å². The zero-order valence-corrected chi connectivity index (χ0v) is 10.8. The van der Waals surface area contributed by atoms with Gasteiger partial charge in [-0.15, -0.1) is 0 Å². The number of hydrogen-bond donors (Lipinski definition) is 2. The Morgan fingerprint density at radius 2 is 2.22 bits per heavy atom. The van der Waals surface area contributed by atoms with Gasteiger partial charge in [-0.3, -0.25) is 4.79 Å². The lowest BCUT2D eigenvalue weighted by Crippen LogP contribution is -2.41. The maximum absolute atomic E-state index is 12.0. The minimum Gasteiger partial charge on any atom is -0.353 e. The summed E-state index contributed by atoms with van der Waals surface area (Å²) in [6, 6.07) is 9.36. The van der Waals surface area contributed by atoms with Crippen molar-refractivity contribution in [3.05, 3.63) is 35.9 Å². The lowest BCUT2D eigenvalue weighted by atomic mass is 10.1. The van der Waals surface area contributed by atoms with E-state index in [4.69, 9.17) is 5.73 Å². The van der Waals surface area contributed by atoms with Gasteiger partial charge in [0.2, 0.25) is 5.91 Å². The summed E-state index contributed by atoms with van der Waals surface area (Å²) in [4.78, 5) is 14.2.